The van der Waals surface area contributed by atoms with Crippen molar-refractivity contribution in [1.82, 2.24) is 10.0 Å². The predicted molar refractivity (Wildman–Crippen MR) is 133 cm³/mol. The molecule has 3 aromatic rings. The van der Waals surface area contributed by atoms with Crippen LogP contribution in [0.4, 0.5) is 0 Å². The summed E-state index contributed by atoms with van der Waals surface area (Å²) in [5, 5.41) is 2.94. The number of rotatable bonds is 10. The van der Waals surface area contributed by atoms with Gasteiger partial charge in [0.2, 0.25) is 10.0 Å². The maximum Gasteiger partial charge on any atom is 0.251 e. The molecule has 3 aromatic carbocycles. The van der Waals surface area contributed by atoms with Crippen LogP contribution < -0.4 is 10.0 Å². The third kappa shape index (κ3) is 6.85. The van der Waals surface area contributed by atoms with E-state index in [2.05, 4.69) is 42.1 Å². The van der Waals surface area contributed by atoms with Gasteiger partial charge in [0.25, 0.3) is 5.91 Å². The molecule has 0 bridgehead atoms. The van der Waals surface area contributed by atoms with Gasteiger partial charge >= 0.3 is 0 Å². The van der Waals surface area contributed by atoms with E-state index in [0.717, 1.165) is 18.4 Å². The Bertz CT molecular complexity index is 1260. The highest BCUT2D eigenvalue weighted by Gasteiger charge is 2.14. The summed E-state index contributed by atoms with van der Waals surface area (Å²) in [6.07, 6.45) is 1.76. The number of ketones is 1. The first-order valence-corrected chi connectivity index (χ1v) is 12.7. The van der Waals surface area contributed by atoms with Crippen LogP contribution in [0, 0.1) is 13.8 Å². The van der Waals surface area contributed by atoms with Crippen molar-refractivity contribution >= 4 is 21.7 Å². The van der Waals surface area contributed by atoms with Gasteiger partial charge < -0.3 is 5.32 Å². The molecule has 7 heteroatoms. The van der Waals surface area contributed by atoms with Crippen LogP contribution in [-0.4, -0.2) is 26.7 Å². The highest BCUT2D eigenvalue weighted by molar-refractivity contribution is 7.89. The molecule has 0 unspecified atom stereocenters. The maximum absolute atomic E-state index is 12.5. The Kier molecular flexibility index (Phi) is 8.36. The molecule has 0 saturated heterocycles. The van der Waals surface area contributed by atoms with Crippen LogP contribution in [0.2, 0.25) is 0 Å². The van der Waals surface area contributed by atoms with E-state index in [9.17, 15) is 18.0 Å². The molecule has 0 saturated carbocycles. The van der Waals surface area contributed by atoms with Crippen molar-refractivity contribution in [3.05, 3.63) is 100 Å². The van der Waals surface area contributed by atoms with E-state index in [-0.39, 0.29) is 23.1 Å². The lowest BCUT2D eigenvalue weighted by molar-refractivity contribution is 0.0952. The molecule has 0 atom stereocenters. The molecule has 0 aliphatic rings. The Labute approximate surface area is 201 Å². The van der Waals surface area contributed by atoms with Crippen LogP contribution in [0.5, 0.6) is 0 Å². The van der Waals surface area contributed by atoms with Gasteiger partial charge in [-0.3, -0.25) is 9.59 Å². The Morgan fingerprint density at radius 1 is 0.853 bits per heavy atom. The zero-order chi connectivity index (χ0) is 24.7. The van der Waals surface area contributed by atoms with E-state index in [1.54, 1.807) is 24.3 Å². The lowest BCUT2D eigenvalue weighted by Crippen LogP contribution is -2.25. The Morgan fingerprint density at radius 2 is 1.50 bits per heavy atom. The number of benzene rings is 3. The van der Waals surface area contributed by atoms with Crippen molar-refractivity contribution in [2.24, 2.45) is 0 Å². The van der Waals surface area contributed by atoms with Crippen LogP contribution in [0.25, 0.3) is 0 Å². The van der Waals surface area contributed by atoms with Gasteiger partial charge in [0, 0.05) is 24.2 Å². The molecule has 0 aromatic heterocycles. The molecule has 0 radical (unpaired) electrons. The molecule has 1 amide bonds. The summed E-state index contributed by atoms with van der Waals surface area (Å²) < 4.78 is 27.5. The van der Waals surface area contributed by atoms with Gasteiger partial charge in [-0.15, -0.1) is 0 Å². The fraction of sp³-hybridized carbons (Fsp3) is 0.259. The van der Waals surface area contributed by atoms with Gasteiger partial charge in [0.1, 0.15) is 0 Å². The zero-order valence-electron chi connectivity index (χ0n) is 19.7. The monoisotopic (exact) mass is 478 g/mol. The largest absolute Gasteiger partial charge is 0.352 e. The number of carbonyl (C=O) groups excluding carboxylic acids is 2. The normalized spacial score (nSPS) is 11.3. The van der Waals surface area contributed by atoms with E-state index in [1.807, 2.05) is 0 Å². The Morgan fingerprint density at radius 3 is 2.12 bits per heavy atom. The van der Waals surface area contributed by atoms with Crippen LogP contribution in [0.15, 0.2) is 71.6 Å². The van der Waals surface area contributed by atoms with Crippen LogP contribution in [0.1, 0.15) is 56.3 Å². The molecular weight excluding hydrogens is 448 g/mol. The molecule has 3 rings (SSSR count). The number of amides is 1. The lowest BCUT2D eigenvalue weighted by atomic mass is 10.0. The van der Waals surface area contributed by atoms with Crippen molar-refractivity contribution in [1.29, 1.82) is 0 Å². The van der Waals surface area contributed by atoms with E-state index >= 15 is 0 Å². The first-order valence-electron chi connectivity index (χ1n) is 11.2. The lowest BCUT2D eigenvalue weighted by Gasteiger charge is -2.09. The van der Waals surface area contributed by atoms with Crippen LogP contribution >= 0.6 is 0 Å². The fourth-order valence-electron chi connectivity index (χ4n) is 3.61. The highest BCUT2D eigenvalue weighted by Crippen LogP contribution is 2.14. The summed E-state index contributed by atoms with van der Waals surface area (Å²) in [6.45, 7) is 6.28. The highest BCUT2D eigenvalue weighted by atomic mass is 32.2. The minimum atomic E-state index is -3.71. The third-order valence-electron chi connectivity index (χ3n) is 5.66. The average Bonchev–Trinajstić information content (AvgIpc) is 2.82. The first kappa shape index (κ1) is 25.3. The second-order valence-corrected chi connectivity index (χ2v) is 10.2. The molecule has 0 heterocycles. The minimum Gasteiger partial charge on any atom is -0.352 e. The van der Waals surface area contributed by atoms with Gasteiger partial charge in [-0.1, -0.05) is 48.0 Å². The number of hydrogen-bond acceptors (Lipinski definition) is 4. The number of Topliss-reactive ketones (excluding diaryl/α,β-unsaturated/α-hetero) is 1. The van der Waals surface area contributed by atoms with Gasteiger partial charge in [-0.25, -0.2) is 13.1 Å². The molecule has 178 valence electrons. The molecule has 0 aliphatic heterocycles. The van der Waals surface area contributed by atoms with Gasteiger partial charge in [0.05, 0.1) is 4.90 Å². The standard InChI is InChI=1S/C27H30N2O4S/c1-19-6-9-23(20(2)17-19)5-4-16-28-27(31)25-10-7-22(8-11-25)18-29-34(32,33)26-14-12-24(13-15-26)21(3)30/h6-15,17,29H,4-5,16,18H2,1-3H3,(H,28,31). The Balaban J connectivity index is 1.48. The van der Waals surface area contributed by atoms with Crippen molar-refractivity contribution in [3.8, 4) is 0 Å². The summed E-state index contributed by atoms with van der Waals surface area (Å²) >= 11 is 0. The summed E-state index contributed by atoms with van der Waals surface area (Å²) in [5.74, 6) is -0.277. The predicted octanol–water partition coefficient (Wildman–Crippen LogP) is 4.35. The summed E-state index contributed by atoms with van der Waals surface area (Å²) in [6, 6.07) is 19.0. The first-order chi connectivity index (χ1) is 16.2. The molecular formula is C27H30N2O4S. The van der Waals surface area contributed by atoms with E-state index in [1.165, 1.54) is 47.9 Å². The zero-order valence-corrected chi connectivity index (χ0v) is 20.5. The van der Waals surface area contributed by atoms with Crippen molar-refractivity contribution < 1.29 is 18.0 Å². The SMILES string of the molecule is CC(=O)c1ccc(S(=O)(=O)NCc2ccc(C(=O)NCCCc3ccc(C)cc3C)cc2)cc1. The van der Waals surface area contributed by atoms with Crippen molar-refractivity contribution in [2.75, 3.05) is 6.54 Å². The summed E-state index contributed by atoms with van der Waals surface area (Å²) in [7, 11) is -3.71. The third-order valence-corrected chi connectivity index (χ3v) is 7.08. The molecule has 0 spiro atoms. The van der Waals surface area contributed by atoms with E-state index < -0.39 is 10.0 Å². The van der Waals surface area contributed by atoms with Gasteiger partial charge in [-0.2, -0.15) is 0 Å². The molecule has 0 fully saturated rings. The summed E-state index contributed by atoms with van der Waals surface area (Å²) in [5.41, 5.74) is 5.52. The second kappa shape index (κ2) is 11.2. The summed E-state index contributed by atoms with van der Waals surface area (Å²) in [4.78, 5) is 23.9. The molecule has 34 heavy (non-hydrogen) atoms. The molecule has 0 aliphatic carbocycles. The quantitative estimate of drug-likeness (QED) is 0.335. The van der Waals surface area contributed by atoms with Crippen LogP contribution in [-0.2, 0) is 23.0 Å². The molecule has 2 N–H and O–H groups in total. The van der Waals surface area contributed by atoms with Crippen LogP contribution in [0.3, 0.4) is 0 Å². The van der Waals surface area contributed by atoms with Gasteiger partial charge in [0.15, 0.2) is 5.78 Å². The van der Waals surface area contributed by atoms with E-state index in [0.29, 0.717) is 17.7 Å². The molecule has 6 nitrogen and oxygen atoms in total. The van der Waals surface area contributed by atoms with Gasteiger partial charge in [-0.05, 0) is 74.6 Å². The number of sulfonamides is 1. The number of nitrogens with one attached hydrogen (secondary N) is 2. The van der Waals surface area contributed by atoms with Crippen molar-refractivity contribution in [3.63, 3.8) is 0 Å². The number of hydrogen-bond donors (Lipinski definition) is 2. The smallest absolute Gasteiger partial charge is 0.251 e. The average molecular weight is 479 g/mol. The number of carbonyl (C=O) groups is 2. The minimum absolute atomic E-state index is 0.0919. The number of aryl methyl sites for hydroxylation is 3. The second-order valence-electron chi connectivity index (χ2n) is 8.39. The fourth-order valence-corrected chi connectivity index (χ4v) is 4.63. The topological polar surface area (TPSA) is 92.3 Å². The Hall–Kier alpha value is -3.29. The maximum atomic E-state index is 12.5. The van der Waals surface area contributed by atoms with E-state index in [4.69, 9.17) is 0 Å². The van der Waals surface area contributed by atoms with Crippen molar-refractivity contribution in [2.45, 2.75) is 45.1 Å².